The van der Waals surface area contributed by atoms with Crippen LogP contribution in [0.1, 0.15) is 44.7 Å². The molecule has 0 spiro atoms. The Morgan fingerprint density at radius 1 is 0.897 bits per heavy atom. The fourth-order valence-corrected chi connectivity index (χ4v) is 4.61. The number of H-pyrrole nitrogens is 1. The molecule has 3 aromatic rings. The van der Waals surface area contributed by atoms with Gasteiger partial charge in [0, 0.05) is 56.9 Å². The molecule has 0 aliphatic carbocycles. The number of nitrogens with one attached hydrogen (secondary N) is 1. The van der Waals surface area contributed by atoms with E-state index >= 15 is 0 Å². The van der Waals surface area contributed by atoms with Gasteiger partial charge in [-0.05, 0) is 47.6 Å². The number of hydrogen-bond acceptors (Lipinski definition) is 5. The van der Waals surface area contributed by atoms with Crippen molar-refractivity contribution >= 4 is 22.7 Å². The van der Waals surface area contributed by atoms with E-state index in [-0.39, 0.29) is 23.8 Å². The molecule has 0 fully saturated rings. The molecule has 2 amide bonds. The lowest BCUT2D eigenvalue weighted by molar-refractivity contribution is -0.142. The highest BCUT2D eigenvalue weighted by atomic mass is 16.5. The SMILES string of the molecule is COCCCN(CC(=O)N(CCc1c[nH]c2ccccc12)Cc1ccc(OC)c(OC)c1)C(=O)CC(C)(C)C. The maximum absolute atomic E-state index is 13.8. The monoisotopic (exact) mass is 537 g/mol. The summed E-state index contributed by atoms with van der Waals surface area (Å²) < 4.78 is 16.1. The van der Waals surface area contributed by atoms with Crippen molar-refractivity contribution in [3.63, 3.8) is 0 Å². The van der Waals surface area contributed by atoms with Crippen LogP contribution in [0.2, 0.25) is 0 Å². The highest BCUT2D eigenvalue weighted by molar-refractivity contribution is 5.85. The third-order valence-corrected chi connectivity index (χ3v) is 6.64. The number of para-hydroxylation sites is 1. The molecule has 0 bridgehead atoms. The van der Waals surface area contributed by atoms with Crippen molar-refractivity contribution in [3.05, 3.63) is 59.8 Å². The van der Waals surface area contributed by atoms with Crippen LogP contribution in [0, 0.1) is 5.41 Å². The first-order valence-corrected chi connectivity index (χ1v) is 13.5. The van der Waals surface area contributed by atoms with Gasteiger partial charge in [0.2, 0.25) is 11.8 Å². The van der Waals surface area contributed by atoms with Crippen molar-refractivity contribution in [3.8, 4) is 11.5 Å². The topological polar surface area (TPSA) is 84.1 Å². The molecular formula is C31H43N3O5. The fraction of sp³-hybridized carbons (Fsp3) is 0.484. The third-order valence-electron chi connectivity index (χ3n) is 6.64. The van der Waals surface area contributed by atoms with Gasteiger partial charge in [0.15, 0.2) is 11.5 Å². The largest absolute Gasteiger partial charge is 0.493 e. The van der Waals surface area contributed by atoms with Crippen LogP contribution in [0.25, 0.3) is 10.9 Å². The zero-order valence-corrected chi connectivity index (χ0v) is 24.2. The molecule has 0 aliphatic rings. The molecule has 2 aromatic carbocycles. The van der Waals surface area contributed by atoms with Crippen molar-refractivity contribution < 1.29 is 23.8 Å². The Morgan fingerprint density at radius 2 is 1.64 bits per heavy atom. The maximum atomic E-state index is 13.8. The molecular weight excluding hydrogens is 494 g/mol. The standard InChI is InChI=1S/C31H43N3O5/c1-31(2,3)19-29(35)33(15-9-17-37-4)22-30(36)34(21-23-12-13-27(38-5)28(18-23)39-6)16-14-24-20-32-26-11-8-7-10-25(24)26/h7-8,10-13,18,20,32H,9,14-17,19,21-22H2,1-6H3. The summed E-state index contributed by atoms with van der Waals surface area (Å²) in [4.78, 5) is 33.8. The number of fused-ring (bicyclic) bond motifs is 1. The molecule has 0 saturated carbocycles. The van der Waals surface area contributed by atoms with Crippen LogP contribution >= 0.6 is 0 Å². The molecule has 1 N–H and O–H groups in total. The first-order valence-electron chi connectivity index (χ1n) is 13.5. The number of amides is 2. The van der Waals surface area contributed by atoms with Crippen LogP contribution in [0.5, 0.6) is 11.5 Å². The summed E-state index contributed by atoms with van der Waals surface area (Å²) in [5.74, 6) is 1.13. The van der Waals surface area contributed by atoms with E-state index in [4.69, 9.17) is 14.2 Å². The second-order valence-corrected chi connectivity index (χ2v) is 11.0. The molecule has 0 saturated heterocycles. The van der Waals surface area contributed by atoms with E-state index in [9.17, 15) is 9.59 Å². The van der Waals surface area contributed by atoms with Gasteiger partial charge in [-0.25, -0.2) is 0 Å². The highest BCUT2D eigenvalue weighted by Crippen LogP contribution is 2.28. The first-order chi connectivity index (χ1) is 18.6. The lowest BCUT2D eigenvalue weighted by atomic mass is 9.91. The second kappa shape index (κ2) is 14.0. The predicted octanol–water partition coefficient (Wildman–Crippen LogP) is 5.06. The average molecular weight is 538 g/mol. The van der Waals surface area contributed by atoms with Gasteiger partial charge in [0.1, 0.15) is 0 Å². The summed E-state index contributed by atoms with van der Waals surface area (Å²) in [5, 5.41) is 1.15. The van der Waals surface area contributed by atoms with Crippen molar-refractivity contribution in [2.45, 2.75) is 46.6 Å². The van der Waals surface area contributed by atoms with Gasteiger partial charge >= 0.3 is 0 Å². The van der Waals surface area contributed by atoms with Crippen LogP contribution in [0.15, 0.2) is 48.7 Å². The lowest BCUT2D eigenvalue weighted by Gasteiger charge is -2.30. The number of methoxy groups -OCH3 is 3. The Hall–Kier alpha value is -3.52. The minimum Gasteiger partial charge on any atom is -0.493 e. The van der Waals surface area contributed by atoms with Gasteiger partial charge in [-0.1, -0.05) is 45.0 Å². The smallest absolute Gasteiger partial charge is 0.242 e. The number of rotatable bonds is 14. The summed E-state index contributed by atoms with van der Waals surface area (Å²) in [6, 6.07) is 13.8. The molecule has 0 atom stereocenters. The summed E-state index contributed by atoms with van der Waals surface area (Å²) in [7, 11) is 4.84. The number of benzene rings is 2. The third kappa shape index (κ3) is 8.75. The molecule has 1 aromatic heterocycles. The minimum atomic E-state index is -0.172. The van der Waals surface area contributed by atoms with E-state index in [0.29, 0.717) is 57.0 Å². The molecule has 212 valence electrons. The summed E-state index contributed by atoms with van der Waals surface area (Å²) in [5.41, 5.74) is 2.97. The number of nitrogens with zero attached hydrogens (tertiary/aromatic N) is 2. The fourth-order valence-electron chi connectivity index (χ4n) is 4.61. The Morgan fingerprint density at radius 3 is 2.33 bits per heavy atom. The van der Waals surface area contributed by atoms with E-state index in [1.54, 1.807) is 26.2 Å². The number of ether oxygens (including phenoxy) is 3. The number of aromatic nitrogens is 1. The van der Waals surface area contributed by atoms with Crippen LogP contribution in [0.3, 0.4) is 0 Å². The normalized spacial score (nSPS) is 11.4. The Kier molecular flexibility index (Phi) is 10.8. The number of carbonyl (C=O) groups excluding carboxylic acids is 2. The molecule has 8 nitrogen and oxygen atoms in total. The van der Waals surface area contributed by atoms with Crippen LogP contribution in [-0.4, -0.2) is 74.2 Å². The van der Waals surface area contributed by atoms with E-state index < -0.39 is 0 Å². The van der Waals surface area contributed by atoms with E-state index in [1.807, 2.05) is 68.3 Å². The van der Waals surface area contributed by atoms with E-state index in [0.717, 1.165) is 22.0 Å². The van der Waals surface area contributed by atoms with E-state index in [1.165, 1.54) is 0 Å². The number of carbonyl (C=O) groups is 2. The maximum Gasteiger partial charge on any atom is 0.242 e. The zero-order chi connectivity index (χ0) is 28.4. The van der Waals surface area contributed by atoms with Crippen LogP contribution in [0.4, 0.5) is 0 Å². The molecule has 0 aliphatic heterocycles. The molecule has 39 heavy (non-hydrogen) atoms. The van der Waals surface area contributed by atoms with Crippen molar-refractivity contribution in [2.24, 2.45) is 5.41 Å². The number of aromatic amines is 1. The number of hydrogen-bond donors (Lipinski definition) is 1. The first kappa shape index (κ1) is 30.0. The molecule has 1 heterocycles. The van der Waals surface area contributed by atoms with Crippen molar-refractivity contribution in [1.82, 2.24) is 14.8 Å². The summed E-state index contributed by atoms with van der Waals surface area (Å²) >= 11 is 0. The van der Waals surface area contributed by atoms with Gasteiger partial charge < -0.3 is 29.0 Å². The van der Waals surface area contributed by atoms with Crippen molar-refractivity contribution in [2.75, 3.05) is 47.6 Å². The molecule has 0 unspecified atom stereocenters. The van der Waals surface area contributed by atoms with Crippen molar-refractivity contribution in [1.29, 1.82) is 0 Å². The average Bonchev–Trinajstić information content (AvgIpc) is 3.32. The molecule has 0 radical (unpaired) electrons. The van der Waals surface area contributed by atoms with Crippen LogP contribution in [-0.2, 0) is 27.3 Å². The molecule has 3 rings (SSSR count). The van der Waals surface area contributed by atoms with Crippen LogP contribution < -0.4 is 9.47 Å². The zero-order valence-electron chi connectivity index (χ0n) is 24.2. The quantitative estimate of drug-likeness (QED) is 0.291. The second-order valence-electron chi connectivity index (χ2n) is 11.0. The summed E-state index contributed by atoms with van der Waals surface area (Å²) in [6.07, 6.45) is 3.74. The highest BCUT2D eigenvalue weighted by Gasteiger charge is 2.25. The van der Waals surface area contributed by atoms with Gasteiger partial charge in [-0.15, -0.1) is 0 Å². The summed E-state index contributed by atoms with van der Waals surface area (Å²) in [6.45, 7) is 8.03. The van der Waals surface area contributed by atoms with Gasteiger partial charge in [0.25, 0.3) is 0 Å². The van der Waals surface area contributed by atoms with Gasteiger partial charge in [-0.2, -0.15) is 0 Å². The predicted molar refractivity (Wildman–Crippen MR) is 154 cm³/mol. The Bertz CT molecular complexity index is 1230. The minimum absolute atomic E-state index is 0.0188. The van der Waals surface area contributed by atoms with Gasteiger partial charge in [-0.3, -0.25) is 9.59 Å². The van der Waals surface area contributed by atoms with Gasteiger partial charge in [0.05, 0.1) is 20.8 Å². The Balaban J connectivity index is 1.83. The Labute approximate surface area is 232 Å². The molecule has 8 heteroatoms. The van der Waals surface area contributed by atoms with E-state index in [2.05, 4.69) is 11.1 Å². The lowest BCUT2D eigenvalue weighted by Crippen LogP contribution is -2.44.